The van der Waals surface area contributed by atoms with Crippen LogP contribution < -0.4 is 10.6 Å². The number of carbonyl (C=O) groups excluding carboxylic acids is 1. The number of hydrogen-bond acceptors (Lipinski definition) is 2. The Morgan fingerprint density at radius 1 is 1.13 bits per heavy atom. The van der Waals surface area contributed by atoms with Gasteiger partial charge in [0, 0.05) is 18.5 Å². The molecule has 2 aliphatic carbocycles. The molecule has 0 bridgehead atoms. The molecule has 3 atom stereocenters. The molecule has 3 nitrogen and oxygen atoms in total. The third-order valence-corrected chi connectivity index (χ3v) is 4.37. The summed E-state index contributed by atoms with van der Waals surface area (Å²) in [5, 5.41) is 6.48. The second kappa shape index (κ2) is 3.78. The van der Waals surface area contributed by atoms with E-state index < -0.39 is 0 Å². The van der Waals surface area contributed by atoms with Gasteiger partial charge in [-0.3, -0.25) is 4.79 Å². The standard InChI is InChI=1S/C12H20N2O/c15-12(14-8-5-6-13-7-8)11-9-3-1-2-4-10(9)11/h8-11,13H,1-7H2,(H,14,15)/t8-,9?,10?,11?/m1/s1. The van der Waals surface area contributed by atoms with Crippen molar-refractivity contribution in [1.82, 2.24) is 10.6 Å². The van der Waals surface area contributed by atoms with Crippen molar-refractivity contribution in [2.45, 2.75) is 38.1 Å². The Morgan fingerprint density at radius 2 is 1.87 bits per heavy atom. The molecule has 0 aromatic heterocycles. The van der Waals surface area contributed by atoms with E-state index in [1.165, 1.54) is 25.7 Å². The maximum Gasteiger partial charge on any atom is 0.223 e. The topological polar surface area (TPSA) is 41.1 Å². The number of amides is 1. The Labute approximate surface area is 91.0 Å². The van der Waals surface area contributed by atoms with Crippen molar-refractivity contribution in [3.8, 4) is 0 Å². The maximum absolute atomic E-state index is 12.0. The minimum absolute atomic E-state index is 0.348. The smallest absolute Gasteiger partial charge is 0.223 e. The van der Waals surface area contributed by atoms with Crippen LogP contribution in [0.1, 0.15) is 32.1 Å². The third kappa shape index (κ3) is 1.78. The highest BCUT2D eigenvalue weighted by atomic mass is 16.2. The monoisotopic (exact) mass is 208 g/mol. The van der Waals surface area contributed by atoms with E-state index in [4.69, 9.17) is 0 Å². The molecule has 0 radical (unpaired) electrons. The van der Waals surface area contributed by atoms with Gasteiger partial charge in [0.1, 0.15) is 0 Å². The zero-order chi connectivity index (χ0) is 10.3. The van der Waals surface area contributed by atoms with Crippen molar-refractivity contribution in [3.05, 3.63) is 0 Å². The van der Waals surface area contributed by atoms with Crippen LogP contribution in [0.4, 0.5) is 0 Å². The first-order chi connectivity index (χ1) is 7.36. The fourth-order valence-electron chi connectivity index (χ4n) is 3.46. The first-order valence-corrected chi connectivity index (χ1v) is 6.37. The van der Waals surface area contributed by atoms with Gasteiger partial charge >= 0.3 is 0 Å². The van der Waals surface area contributed by atoms with Crippen molar-refractivity contribution in [3.63, 3.8) is 0 Å². The van der Waals surface area contributed by atoms with Crippen LogP contribution in [-0.2, 0) is 4.79 Å². The number of hydrogen-bond donors (Lipinski definition) is 2. The van der Waals surface area contributed by atoms with E-state index >= 15 is 0 Å². The number of nitrogens with one attached hydrogen (secondary N) is 2. The molecule has 1 heterocycles. The molecule has 2 saturated carbocycles. The summed E-state index contributed by atoms with van der Waals surface area (Å²) in [6.07, 6.45) is 6.39. The minimum Gasteiger partial charge on any atom is -0.352 e. The first kappa shape index (κ1) is 9.64. The number of fused-ring (bicyclic) bond motifs is 1. The molecule has 15 heavy (non-hydrogen) atoms. The normalized spacial score (nSPS) is 43.5. The largest absolute Gasteiger partial charge is 0.352 e. The molecule has 2 unspecified atom stereocenters. The second-order valence-corrected chi connectivity index (χ2v) is 5.34. The Kier molecular flexibility index (Phi) is 2.43. The maximum atomic E-state index is 12.0. The highest BCUT2D eigenvalue weighted by molar-refractivity contribution is 5.82. The lowest BCUT2D eigenvalue weighted by atomic mass is 10.0. The Bertz CT molecular complexity index is 248. The van der Waals surface area contributed by atoms with E-state index in [2.05, 4.69) is 10.6 Å². The van der Waals surface area contributed by atoms with E-state index in [-0.39, 0.29) is 0 Å². The first-order valence-electron chi connectivity index (χ1n) is 6.37. The molecule has 1 amide bonds. The summed E-state index contributed by atoms with van der Waals surface area (Å²) in [4.78, 5) is 12.0. The molecule has 3 aliphatic rings. The van der Waals surface area contributed by atoms with E-state index in [1.54, 1.807) is 0 Å². The summed E-state index contributed by atoms with van der Waals surface area (Å²) < 4.78 is 0. The van der Waals surface area contributed by atoms with Crippen molar-refractivity contribution in [2.75, 3.05) is 13.1 Å². The summed E-state index contributed by atoms with van der Waals surface area (Å²) in [5.41, 5.74) is 0. The van der Waals surface area contributed by atoms with E-state index in [0.29, 0.717) is 17.9 Å². The van der Waals surface area contributed by atoms with Crippen LogP contribution in [0.2, 0.25) is 0 Å². The molecule has 2 N–H and O–H groups in total. The van der Waals surface area contributed by atoms with Crippen LogP contribution in [0, 0.1) is 17.8 Å². The van der Waals surface area contributed by atoms with Crippen LogP contribution in [0.3, 0.4) is 0 Å². The van der Waals surface area contributed by atoms with Gasteiger partial charge in [0.2, 0.25) is 5.91 Å². The molecule has 0 aromatic carbocycles. The Hall–Kier alpha value is -0.570. The van der Waals surface area contributed by atoms with Gasteiger partial charge in [0.05, 0.1) is 0 Å². The van der Waals surface area contributed by atoms with Gasteiger partial charge in [-0.1, -0.05) is 12.8 Å². The van der Waals surface area contributed by atoms with Crippen LogP contribution in [-0.4, -0.2) is 25.0 Å². The molecule has 0 spiro atoms. The fourth-order valence-corrected chi connectivity index (χ4v) is 3.46. The average molecular weight is 208 g/mol. The summed E-state index contributed by atoms with van der Waals surface area (Å²) in [5.74, 6) is 2.22. The summed E-state index contributed by atoms with van der Waals surface area (Å²) in [7, 11) is 0. The zero-order valence-electron chi connectivity index (χ0n) is 9.17. The molecule has 0 aromatic rings. The van der Waals surface area contributed by atoms with E-state index in [1.807, 2.05) is 0 Å². The van der Waals surface area contributed by atoms with Crippen molar-refractivity contribution in [2.24, 2.45) is 17.8 Å². The van der Waals surface area contributed by atoms with E-state index in [0.717, 1.165) is 31.3 Å². The summed E-state index contributed by atoms with van der Waals surface area (Å²) in [6.45, 7) is 2.02. The molecule has 84 valence electrons. The third-order valence-electron chi connectivity index (χ3n) is 4.37. The summed E-state index contributed by atoms with van der Waals surface area (Å²) in [6, 6.07) is 0.403. The van der Waals surface area contributed by atoms with Gasteiger partial charge < -0.3 is 10.6 Å². The Morgan fingerprint density at radius 3 is 2.47 bits per heavy atom. The van der Waals surface area contributed by atoms with Gasteiger partial charge in [0.15, 0.2) is 0 Å². The van der Waals surface area contributed by atoms with E-state index in [9.17, 15) is 4.79 Å². The molecule has 1 saturated heterocycles. The molecule has 3 rings (SSSR count). The van der Waals surface area contributed by atoms with Crippen LogP contribution in [0.25, 0.3) is 0 Å². The second-order valence-electron chi connectivity index (χ2n) is 5.34. The van der Waals surface area contributed by atoms with Crippen LogP contribution in [0.15, 0.2) is 0 Å². The van der Waals surface area contributed by atoms with Gasteiger partial charge in [-0.05, 0) is 37.6 Å². The zero-order valence-corrected chi connectivity index (χ0v) is 9.17. The molecule has 1 aliphatic heterocycles. The lowest BCUT2D eigenvalue weighted by Crippen LogP contribution is -2.37. The highest BCUT2D eigenvalue weighted by Crippen LogP contribution is 2.55. The number of rotatable bonds is 2. The predicted octanol–water partition coefficient (Wildman–Crippen LogP) is 0.901. The van der Waals surface area contributed by atoms with Crippen molar-refractivity contribution < 1.29 is 4.79 Å². The lowest BCUT2D eigenvalue weighted by molar-refractivity contribution is -0.123. The molecular formula is C12H20N2O. The SMILES string of the molecule is O=C(N[C@@H]1CCNC1)C1C2CCCCC21. The highest BCUT2D eigenvalue weighted by Gasteiger charge is 2.54. The van der Waals surface area contributed by atoms with Gasteiger partial charge in [-0.2, -0.15) is 0 Å². The molecule has 3 fully saturated rings. The van der Waals surface area contributed by atoms with Gasteiger partial charge in [0.25, 0.3) is 0 Å². The lowest BCUT2D eigenvalue weighted by Gasteiger charge is -2.10. The van der Waals surface area contributed by atoms with Crippen LogP contribution in [0.5, 0.6) is 0 Å². The van der Waals surface area contributed by atoms with Gasteiger partial charge in [-0.15, -0.1) is 0 Å². The average Bonchev–Trinajstić information content (AvgIpc) is 2.77. The Balaban J connectivity index is 1.52. The van der Waals surface area contributed by atoms with Crippen molar-refractivity contribution in [1.29, 1.82) is 0 Å². The summed E-state index contributed by atoms with van der Waals surface area (Å²) >= 11 is 0. The van der Waals surface area contributed by atoms with Crippen LogP contribution >= 0.6 is 0 Å². The molecular weight excluding hydrogens is 188 g/mol. The minimum atomic E-state index is 0.348. The van der Waals surface area contributed by atoms with Gasteiger partial charge in [-0.25, -0.2) is 0 Å². The van der Waals surface area contributed by atoms with Crippen molar-refractivity contribution >= 4 is 5.91 Å². The fraction of sp³-hybridized carbons (Fsp3) is 0.917. The predicted molar refractivity (Wildman–Crippen MR) is 58.4 cm³/mol. The quantitative estimate of drug-likeness (QED) is 0.708. The number of carbonyl (C=O) groups is 1. The molecule has 3 heteroatoms.